The number of nitrogens with zero attached hydrogens (tertiary/aromatic N) is 1. The summed E-state index contributed by atoms with van der Waals surface area (Å²) in [5, 5.41) is 0. The Kier molecular flexibility index (Phi) is 3.57. The molecule has 1 unspecified atom stereocenters. The number of fused-ring (bicyclic) bond motifs is 1. The Morgan fingerprint density at radius 2 is 1.80 bits per heavy atom. The molecule has 1 saturated heterocycles. The van der Waals surface area contributed by atoms with Crippen molar-refractivity contribution in [2.45, 2.75) is 38.6 Å². The first-order chi connectivity index (χ1) is 9.72. The first-order valence-electron chi connectivity index (χ1n) is 7.52. The largest absolute Gasteiger partial charge is 0.315 e. The Morgan fingerprint density at radius 3 is 2.40 bits per heavy atom. The Hall–Kier alpha value is -1.68. The van der Waals surface area contributed by atoms with Gasteiger partial charge in [-0.25, -0.2) is 4.90 Å². The normalized spacial score (nSPS) is 25.9. The number of benzene rings is 1. The smallest absolute Gasteiger partial charge is 0.265 e. The molecule has 0 saturated carbocycles. The van der Waals surface area contributed by atoms with Gasteiger partial charge in [0.05, 0.1) is 23.7 Å². The van der Waals surface area contributed by atoms with Crippen LogP contribution in [0, 0.1) is 0 Å². The molecule has 1 aromatic rings. The second kappa shape index (κ2) is 5.37. The zero-order valence-electron chi connectivity index (χ0n) is 11.9. The van der Waals surface area contributed by atoms with Crippen molar-refractivity contribution in [3.63, 3.8) is 0 Å². The van der Waals surface area contributed by atoms with Gasteiger partial charge in [0, 0.05) is 0 Å². The Labute approximate surface area is 119 Å². The van der Waals surface area contributed by atoms with Crippen LogP contribution in [0.5, 0.6) is 0 Å². The summed E-state index contributed by atoms with van der Waals surface area (Å²) in [5.41, 5.74) is 1.11. The number of rotatable bonds is 3. The number of nitrogens with one attached hydrogen (secondary N) is 1. The fraction of sp³-hybridized carbons (Fsp3) is 0.500. The molecular formula is C16H21N2O2+. The van der Waals surface area contributed by atoms with Crippen LogP contribution < -0.4 is 4.90 Å². The highest BCUT2D eigenvalue weighted by atomic mass is 16.2. The number of hydrogen-bond donors (Lipinski definition) is 1. The number of carbonyl (C=O) groups is 2. The van der Waals surface area contributed by atoms with Crippen LogP contribution in [0.1, 0.15) is 53.3 Å². The van der Waals surface area contributed by atoms with E-state index in [2.05, 4.69) is 6.92 Å². The van der Waals surface area contributed by atoms with Gasteiger partial charge in [-0.05, 0) is 37.8 Å². The average Bonchev–Trinajstić information content (AvgIpc) is 2.73. The van der Waals surface area contributed by atoms with Gasteiger partial charge in [0.25, 0.3) is 11.8 Å². The molecule has 106 valence electrons. The summed E-state index contributed by atoms with van der Waals surface area (Å²) in [6, 6.07) is 7.70. The Morgan fingerprint density at radius 1 is 1.15 bits per heavy atom. The van der Waals surface area contributed by atoms with Crippen molar-refractivity contribution < 1.29 is 14.5 Å². The maximum atomic E-state index is 12.4. The first-order valence-corrected chi connectivity index (χ1v) is 7.52. The molecule has 0 radical (unpaired) electrons. The predicted octanol–water partition coefficient (Wildman–Crippen LogP) is 1.09. The number of hydrogen-bond acceptors (Lipinski definition) is 2. The van der Waals surface area contributed by atoms with Crippen molar-refractivity contribution in [1.82, 2.24) is 4.90 Å². The first kappa shape index (κ1) is 13.3. The van der Waals surface area contributed by atoms with Gasteiger partial charge >= 0.3 is 0 Å². The van der Waals surface area contributed by atoms with Crippen LogP contribution in [-0.2, 0) is 0 Å². The van der Waals surface area contributed by atoms with Gasteiger partial charge in [-0.2, -0.15) is 0 Å². The molecule has 2 aliphatic heterocycles. The molecule has 4 nitrogen and oxygen atoms in total. The van der Waals surface area contributed by atoms with Crippen molar-refractivity contribution in [2.75, 3.05) is 13.2 Å². The van der Waals surface area contributed by atoms with Gasteiger partial charge < -0.3 is 4.90 Å². The summed E-state index contributed by atoms with van der Waals surface area (Å²) in [6.45, 7) is 3.77. The molecular weight excluding hydrogens is 252 g/mol. The second-order valence-corrected chi connectivity index (χ2v) is 5.75. The summed E-state index contributed by atoms with van der Waals surface area (Å²) in [5.74, 6) is -0.253. The van der Waals surface area contributed by atoms with Crippen LogP contribution in [0.25, 0.3) is 0 Å². The molecule has 0 aliphatic carbocycles. The lowest BCUT2D eigenvalue weighted by Crippen LogP contribution is -3.18. The SMILES string of the molecule is CC[C@H]1CCCC[NH+]1CN1C(=O)c2ccccc2C1=O. The molecule has 2 aliphatic rings. The summed E-state index contributed by atoms with van der Waals surface area (Å²) in [6.07, 6.45) is 4.77. The van der Waals surface area contributed by atoms with Gasteiger partial charge in [0.15, 0.2) is 6.67 Å². The minimum atomic E-state index is -0.126. The highest BCUT2D eigenvalue weighted by Crippen LogP contribution is 2.21. The highest BCUT2D eigenvalue weighted by Gasteiger charge is 2.39. The van der Waals surface area contributed by atoms with E-state index in [4.69, 9.17) is 0 Å². The van der Waals surface area contributed by atoms with Gasteiger partial charge in [-0.1, -0.05) is 19.1 Å². The van der Waals surface area contributed by atoms with Gasteiger partial charge in [0.2, 0.25) is 0 Å². The van der Waals surface area contributed by atoms with E-state index >= 15 is 0 Å². The maximum absolute atomic E-state index is 12.4. The maximum Gasteiger partial charge on any atom is 0.265 e. The zero-order chi connectivity index (χ0) is 14.1. The monoisotopic (exact) mass is 273 g/mol. The molecule has 0 spiro atoms. The Bertz CT molecular complexity index is 506. The van der Waals surface area contributed by atoms with Crippen LogP contribution in [0.2, 0.25) is 0 Å². The van der Waals surface area contributed by atoms with E-state index in [9.17, 15) is 9.59 Å². The fourth-order valence-corrected chi connectivity index (χ4v) is 3.44. The predicted molar refractivity (Wildman–Crippen MR) is 75.6 cm³/mol. The van der Waals surface area contributed by atoms with E-state index in [1.165, 1.54) is 29.1 Å². The van der Waals surface area contributed by atoms with Gasteiger partial charge in [0.1, 0.15) is 0 Å². The summed E-state index contributed by atoms with van der Waals surface area (Å²) in [4.78, 5) is 27.6. The lowest BCUT2D eigenvalue weighted by molar-refractivity contribution is -0.937. The summed E-state index contributed by atoms with van der Waals surface area (Å²) < 4.78 is 0. The number of piperidine rings is 1. The van der Waals surface area contributed by atoms with Crippen molar-refractivity contribution in [3.8, 4) is 0 Å². The quantitative estimate of drug-likeness (QED) is 0.838. The van der Waals surface area contributed by atoms with Crippen molar-refractivity contribution in [2.24, 2.45) is 0 Å². The van der Waals surface area contributed by atoms with E-state index < -0.39 is 0 Å². The molecule has 1 N–H and O–H groups in total. The number of amides is 2. The van der Waals surface area contributed by atoms with Crippen molar-refractivity contribution in [3.05, 3.63) is 35.4 Å². The highest BCUT2D eigenvalue weighted by molar-refractivity contribution is 6.21. The number of quaternary nitrogens is 1. The minimum absolute atomic E-state index is 0.126. The van der Waals surface area contributed by atoms with Gasteiger partial charge in [-0.3, -0.25) is 9.59 Å². The minimum Gasteiger partial charge on any atom is -0.315 e. The number of likely N-dealkylation sites (tertiary alicyclic amines) is 1. The van der Waals surface area contributed by atoms with Crippen LogP contribution in [0.4, 0.5) is 0 Å². The van der Waals surface area contributed by atoms with E-state index in [-0.39, 0.29) is 11.8 Å². The second-order valence-electron chi connectivity index (χ2n) is 5.75. The molecule has 2 heterocycles. The third-order valence-electron chi connectivity index (χ3n) is 4.61. The third kappa shape index (κ3) is 2.14. The topological polar surface area (TPSA) is 41.8 Å². The van der Waals surface area contributed by atoms with Crippen LogP contribution in [0.15, 0.2) is 24.3 Å². The molecule has 1 fully saturated rings. The molecule has 4 heteroatoms. The van der Waals surface area contributed by atoms with Crippen LogP contribution >= 0.6 is 0 Å². The van der Waals surface area contributed by atoms with Crippen LogP contribution in [-0.4, -0.2) is 36.0 Å². The molecule has 2 atom stereocenters. The molecule has 0 aromatic heterocycles. The molecule has 2 amide bonds. The van der Waals surface area contributed by atoms with Crippen molar-refractivity contribution >= 4 is 11.8 Å². The lowest BCUT2D eigenvalue weighted by Gasteiger charge is -2.33. The van der Waals surface area contributed by atoms with E-state index in [1.54, 1.807) is 12.1 Å². The molecule has 3 rings (SSSR count). The lowest BCUT2D eigenvalue weighted by atomic mass is 10.0. The standard InChI is InChI=1S/C16H20N2O2/c1-2-12-7-5-6-10-17(12)11-18-15(19)13-8-3-4-9-14(13)16(18)20/h3-4,8-9,12H,2,5-7,10-11H2,1H3/p+1/t12-/m0/s1. The number of imide groups is 1. The zero-order valence-corrected chi connectivity index (χ0v) is 11.9. The molecule has 1 aromatic carbocycles. The van der Waals surface area contributed by atoms with E-state index in [0.717, 1.165) is 13.0 Å². The van der Waals surface area contributed by atoms with Crippen molar-refractivity contribution in [1.29, 1.82) is 0 Å². The Balaban J connectivity index is 1.79. The summed E-state index contributed by atoms with van der Waals surface area (Å²) >= 11 is 0. The number of carbonyl (C=O) groups excluding carboxylic acids is 2. The molecule has 20 heavy (non-hydrogen) atoms. The van der Waals surface area contributed by atoms with Crippen LogP contribution in [0.3, 0.4) is 0 Å². The average molecular weight is 273 g/mol. The van der Waals surface area contributed by atoms with Gasteiger partial charge in [-0.15, -0.1) is 0 Å². The third-order valence-corrected chi connectivity index (χ3v) is 4.61. The van der Waals surface area contributed by atoms with E-state index in [1.807, 2.05) is 12.1 Å². The fourth-order valence-electron chi connectivity index (χ4n) is 3.44. The summed E-state index contributed by atoms with van der Waals surface area (Å²) in [7, 11) is 0. The van der Waals surface area contributed by atoms with E-state index in [0.29, 0.717) is 23.8 Å². The molecule has 0 bridgehead atoms.